The molecule has 0 amide bonds. The number of hydrogen-bond donors (Lipinski definition) is 0. The average molecular weight is 626 g/mol. The fourth-order valence-electron chi connectivity index (χ4n) is 4.33. The summed E-state index contributed by atoms with van der Waals surface area (Å²) >= 11 is -0.451. The predicted octanol–water partition coefficient (Wildman–Crippen LogP) is 9.03. The molecule has 0 bridgehead atoms. The fraction of sp³-hybridized carbons (Fsp3) is 0.900. The molecule has 2 saturated carbocycles. The number of halogens is 4. The Morgan fingerprint density at radius 3 is 0.692 bits per heavy atom. The van der Waals surface area contributed by atoms with Gasteiger partial charge in [0.05, 0.1) is 0 Å². The molecule has 0 aromatic heterocycles. The zero-order valence-electron chi connectivity index (χ0n) is 17.8. The quantitative estimate of drug-likeness (QED) is 0.236. The molecule has 0 nitrogen and oxygen atoms in total. The molecule has 2 unspecified atom stereocenters. The van der Waals surface area contributed by atoms with E-state index in [2.05, 4.69) is 69.2 Å². The molecular formula is C20H38Cl4Rh2. The summed E-state index contributed by atoms with van der Waals surface area (Å²) in [6.07, 6.45) is 0. The third kappa shape index (κ3) is 9.48. The van der Waals surface area contributed by atoms with Crippen molar-refractivity contribution in [3.63, 3.8) is 0 Å². The molecule has 0 aromatic carbocycles. The summed E-state index contributed by atoms with van der Waals surface area (Å²) in [7, 11) is 19.3. The van der Waals surface area contributed by atoms with Crippen molar-refractivity contribution in [1.82, 2.24) is 0 Å². The van der Waals surface area contributed by atoms with Crippen LogP contribution in [-0.4, -0.2) is 0 Å². The molecule has 2 radical (unpaired) electrons. The molecular weight excluding hydrogens is 588 g/mol. The Kier molecular flexibility index (Phi) is 19.0. The van der Waals surface area contributed by atoms with E-state index in [0.717, 1.165) is 47.3 Å². The van der Waals surface area contributed by atoms with Crippen LogP contribution >= 0.6 is 38.8 Å². The van der Waals surface area contributed by atoms with Crippen LogP contribution in [0.3, 0.4) is 0 Å². The van der Waals surface area contributed by atoms with Crippen LogP contribution in [0, 0.1) is 59.2 Å². The van der Waals surface area contributed by atoms with Crippen molar-refractivity contribution in [1.29, 1.82) is 0 Å². The Morgan fingerprint density at radius 1 is 0.462 bits per heavy atom. The molecule has 0 N–H and O–H groups in total. The monoisotopic (exact) mass is 624 g/mol. The summed E-state index contributed by atoms with van der Waals surface area (Å²) in [5.41, 5.74) is 0. The molecule has 0 spiro atoms. The summed E-state index contributed by atoms with van der Waals surface area (Å²) in [6, 6.07) is 0. The van der Waals surface area contributed by atoms with Crippen LogP contribution in [-0.2, 0) is 30.3 Å². The van der Waals surface area contributed by atoms with Gasteiger partial charge in [-0.25, -0.2) is 0 Å². The zero-order valence-corrected chi connectivity index (χ0v) is 24.1. The molecule has 26 heavy (non-hydrogen) atoms. The van der Waals surface area contributed by atoms with Crippen molar-refractivity contribution in [2.75, 3.05) is 0 Å². The summed E-state index contributed by atoms with van der Waals surface area (Å²) in [5, 5.41) is 0. The Balaban J connectivity index is 0. The van der Waals surface area contributed by atoms with Gasteiger partial charge in [-0.15, -0.1) is 0 Å². The van der Waals surface area contributed by atoms with Gasteiger partial charge in [-0.2, -0.15) is 0 Å². The van der Waals surface area contributed by atoms with Crippen LogP contribution in [0.15, 0.2) is 0 Å². The molecule has 0 aromatic rings. The predicted molar refractivity (Wildman–Crippen MR) is 115 cm³/mol. The Morgan fingerprint density at radius 2 is 0.615 bits per heavy atom. The molecule has 0 aliphatic heterocycles. The van der Waals surface area contributed by atoms with Gasteiger partial charge in [0.1, 0.15) is 0 Å². The van der Waals surface area contributed by atoms with Crippen LogP contribution < -0.4 is 0 Å². The van der Waals surface area contributed by atoms with E-state index in [4.69, 9.17) is 38.8 Å². The van der Waals surface area contributed by atoms with Crippen molar-refractivity contribution in [2.45, 2.75) is 69.2 Å². The molecule has 0 saturated heterocycles. The number of rotatable bonds is 0. The minimum absolute atomic E-state index is 0.226. The molecule has 6 heteroatoms. The Labute approximate surface area is 196 Å². The fourth-order valence-corrected chi connectivity index (χ4v) is 4.33. The third-order valence-corrected chi connectivity index (χ3v) is 7.71. The maximum absolute atomic E-state index is 4.83. The van der Waals surface area contributed by atoms with E-state index in [9.17, 15) is 0 Å². The number of hydrogen-bond acceptors (Lipinski definition) is 0. The molecule has 2 aliphatic carbocycles. The summed E-state index contributed by atoms with van der Waals surface area (Å²) in [6.45, 7) is 23.6. The van der Waals surface area contributed by atoms with Crippen molar-refractivity contribution < 1.29 is 30.3 Å². The van der Waals surface area contributed by atoms with Gasteiger partial charge in [0, 0.05) is 0 Å². The van der Waals surface area contributed by atoms with E-state index >= 15 is 0 Å². The summed E-state index contributed by atoms with van der Waals surface area (Å²) in [5.74, 6) is 10.4. The molecule has 0 heterocycles. The van der Waals surface area contributed by atoms with Crippen molar-refractivity contribution in [2.24, 2.45) is 47.3 Å². The normalized spacial score (nSPS) is 40.2. The summed E-state index contributed by atoms with van der Waals surface area (Å²) in [4.78, 5) is 0. The molecule has 2 atom stereocenters. The van der Waals surface area contributed by atoms with E-state index in [-0.39, 0.29) is 30.3 Å². The van der Waals surface area contributed by atoms with Crippen LogP contribution in [0.4, 0.5) is 0 Å². The molecule has 2 rings (SSSR count). The van der Waals surface area contributed by atoms with Crippen LogP contribution in [0.25, 0.3) is 0 Å². The first-order valence-electron chi connectivity index (χ1n) is 9.28. The van der Waals surface area contributed by atoms with E-state index in [1.807, 2.05) is 0 Å². The van der Waals surface area contributed by atoms with Gasteiger partial charge < -0.3 is 0 Å². The van der Waals surface area contributed by atoms with Crippen molar-refractivity contribution >= 4 is 38.8 Å². The zero-order chi connectivity index (χ0) is 21.2. The van der Waals surface area contributed by atoms with E-state index in [1.54, 1.807) is 11.8 Å². The van der Waals surface area contributed by atoms with Crippen LogP contribution in [0.1, 0.15) is 69.2 Å². The van der Waals surface area contributed by atoms with E-state index < -0.39 is 0 Å². The SMILES string of the molecule is CC1C(C)C(C)C(C)C1C.C[C]1[C](C)C(C)C(C)C1C.[Cl][Rh][Cl].[Cl][Rh][Cl]. The van der Waals surface area contributed by atoms with Crippen LogP contribution in [0.2, 0.25) is 0 Å². The van der Waals surface area contributed by atoms with E-state index in [1.165, 1.54) is 0 Å². The molecule has 164 valence electrons. The minimum atomic E-state index is -0.226. The third-order valence-electron chi connectivity index (χ3n) is 7.71. The molecule has 2 fully saturated rings. The van der Waals surface area contributed by atoms with Crippen LogP contribution in [0.5, 0.6) is 0 Å². The first-order chi connectivity index (χ1) is 11.9. The standard InChI is InChI=1S/C10H20.C10H18.4ClH.2Rh/c2*1-6-7(2)9(4)10(5)8(6)3;;;;;;/h6-10H,1-5H3;6-8H,1-5H3;4*1H;;/q;;;;;;2*+2/p-4. The summed E-state index contributed by atoms with van der Waals surface area (Å²) < 4.78 is 0. The van der Waals surface area contributed by atoms with E-state index in [0.29, 0.717) is 0 Å². The second kappa shape index (κ2) is 16.1. The van der Waals surface area contributed by atoms with Gasteiger partial charge in [-0.1, -0.05) is 69.2 Å². The van der Waals surface area contributed by atoms with Crippen molar-refractivity contribution in [3.05, 3.63) is 11.8 Å². The van der Waals surface area contributed by atoms with Gasteiger partial charge in [0.25, 0.3) is 0 Å². The average Bonchev–Trinajstić information content (AvgIpc) is 2.87. The first kappa shape index (κ1) is 30.6. The Hall–Kier alpha value is 2.41. The second-order valence-corrected chi connectivity index (χ2v) is 13.2. The van der Waals surface area contributed by atoms with Gasteiger partial charge in [-0.05, 0) is 59.2 Å². The first-order valence-corrected chi connectivity index (χ1v) is 17.7. The van der Waals surface area contributed by atoms with Gasteiger partial charge in [0.15, 0.2) is 0 Å². The second-order valence-electron chi connectivity index (χ2n) is 8.19. The Bertz CT molecular complexity index is 224. The topological polar surface area (TPSA) is 0 Å². The maximum atomic E-state index is 4.83. The van der Waals surface area contributed by atoms with Crippen molar-refractivity contribution in [3.8, 4) is 0 Å². The van der Waals surface area contributed by atoms with Gasteiger partial charge in [-0.3, -0.25) is 0 Å². The van der Waals surface area contributed by atoms with Gasteiger partial charge in [0.2, 0.25) is 0 Å². The molecule has 2 aliphatic rings. The van der Waals surface area contributed by atoms with Gasteiger partial charge >= 0.3 is 69.1 Å².